The number of nitrogens with one attached hydrogen (secondary N) is 1. The molecule has 1 aromatic heterocycles. The van der Waals surface area contributed by atoms with E-state index in [-0.39, 0.29) is 29.4 Å². The Morgan fingerprint density at radius 3 is 1.72 bits per heavy atom. The van der Waals surface area contributed by atoms with E-state index in [1.165, 1.54) is 0 Å². The van der Waals surface area contributed by atoms with Crippen LogP contribution in [0.25, 0.3) is 0 Å². The molecule has 0 radical (unpaired) electrons. The van der Waals surface area contributed by atoms with Crippen molar-refractivity contribution in [1.29, 1.82) is 0 Å². The fourth-order valence-electron chi connectivity index (χ4n) is 6.43. The summed E-state index contributed by atoms with van der Waals surface area (Å²) in [5.41, 5.74) is 3.80. The first-order valence-electron chi connectivity index (χ1n) is 16.5. The molecule has 8 heteroatoms. The summed E-state index contributed by atoms with van der Waals surface area (Å²) in [5, 5.41) is 2.07. The standard InChI is InChI=1S/C38H53N3O3SSi/c1-27(2)30-21-35(28(3)4)37(36(22-30)29(5)6)45(42,43)40-31(23-32-24-39-26-41(32)10)25-44-46(38(7,8)9,33-17-13-11-14-18-33)34-19-15-12-16-20-34/h11-22,24,26-29,31,40H,23,25H2,1-10H3/t31-/m0/s1. The minimum atomic E-state index is -3.95. The first-order valence-corrected chi connectivity index (χ1v) is 19.9. The third-order valence-corrected chi connectivity index (χ3v) is 15.6. The molecule has 0 saturated heterocycles. The minimum absolute atomic E-state index is 0.0339. The third kappa shape index (κ3) is 7.57. The Bertz CT molecular complexity index is 1620. The predicted octanol–water partition coefficient (Wildman–Crippen LogP) is 7.26. The summed E-state index contributed by atoms with van der Waals surface area (Å²) in [7, 11) is -4.92. The number of sulfonamides is 1. The van der Waals surface area contributed by atoms with Crippen LogP contribution >= 0.6 is 0 Å². The van der Waals surface area contributed by atoms with E-state index in [4.69, 9.17) is 4.43 Å². The lowest BCUT2D eigenvalue weighted by Gasteiger charge is -2.43. The SMILES string of the molecule is CC(C)c1cc(C(C)C)c(S(=O)(=O)N[C@H](CO[Si](c2ccccc2)(c2ccccc2)C(C)(C)C)Cc2cncn2C)c(C(C)C)c1. The highest BCUT2D eigenvalue weighted by Crippen LogP contribution is 2.38. The zero-order chi connectivity index (χ0) is 33.9. The van der Waals surface area contributed by atoms with Gasteiger partial charge in [-0.15, -0.1) is 0 Å². The quantitative estimate of drug-likeness (QED) is 0.154. The second kappa shape index (κ2) is 14.4. The number of rotatable bonds is 13. The number of hydrogen-bond acceptors (Lipinski definition) is 4. The molecule has 1 N–H and O–H groups in total. The van der Waals surface area contributed by atoms with Crippen molar-refractivity contribution in [2.45, 2.75) is 102 Å². The molecule has 1 atom stereocenters. The molecule has 0 aliphatic rings. The lowest BCUT2D eigenvalue weighted by atomic mass is 9.89. The third-order valence-electron chi connectivity index (χ3n) is 8.96. The number of nitrogens with zero attached hydrogens (tertiary/aromatic N) is 2. The van der Waals surface area contributed by atoms with Gasteiger partial charge in [-0.3, -0.25) is 0 Å². The molecular formula is C38H53N3O3SSi. The van der Waals surface area contributed by atoms with E-state index in [9.17, 15) is 8.42 Å². The summed E-state index contributed by atoms with van der Waals surface area (Å²) < 4.78 is 41.7. The molecule has 0 bridgehead atoms. The molecule has 1 heterocycles. The van der Waals surface area contributed by atoms with Gasteiger partial charge < -0.3 is 8.99 Å². The van der Waals surface area contributed by atoms with E-state index in [1.54, 1.807) is 12.5 Å². The Balaban J connectivity index is 1.84. The van der Waals surface area contributed by atoms with E-state index in [0.29, 0.717) is 11.3 Å². The maximum Gasteiger partial charge on any atom is 0.261 e. The first-order chi connectivity index (χ1) is 21.6. The van der Waals surface area contributed by atoms with Crippen molar-refractivity contribution >= 4 is 28.7 Å². The molecule has 4 aromatic rings. The maximum atomic E-state index is 14.7. The van der Waals surface area contributed by atoms with Crippen LogP contribution in [0.3, 0.4) is 0 Å². The second-order valence-corrected chi connectivity index (χ2v) is 20.4. The summed E-state index contributed by atoms with van der Waals surface area (Å²) in [5.74, 6) is 0.357. The van der Waals surface area contributed by atoms with Gasteiger partial charge in [0.2, 0.25) is 10.0 Å². The Kier molecular flexibility index (Phi) is 11.2. The van der Waals surface area contributed by atoms with Gasteiger partial charge >= 0.3 is 0 Å². The molecule has 3 aromatic carbocycles. The topological polar surface area (TPSA) is 73.2 Å². The van der Waals surface area contributed by atoms with E-state index in [0.717, 1.165) is 32.8 Å². The molecule has 4 rings (SSSR count). The van der Waals surface area contributed by atoms with Gasteiger partial charge in [-0.2, -0.15) is 0 Å². The highest BCUT2D eigenvalue weighted by atomic mass is 32.2. The number of benzene rings is 3. The van der Waals surface area contributed by atoms with Crippen molar-refractivity contribution < 1.29 is 12.8 Å². The van der Waals surface area contributed by atoms with Crippen LogP contribution in [0.4, 0.5) is 0 Å². The monoisotopic (exact) mass is 659 g/mol. The molecule has 0 spiro atoms. The van der Waals surface area contributed by atoms with Crippen molar-refractivity contribution in [2.24, 2.45) is 7.05 Å². The van der Waals surface area contributed by atoms with Gasteiger partial charge in [0.05, 0.1) is 17.8 Å². The number of aryl methyl sites for hydroxylation is 1. The molecule has 0 saturated carbocycles. The van der Waals surface area contributed by atoms with Gasteiger partial charge in [-0.05, 0) is 49.9 Å². The molecule has 0 fully saturated rings. The summed E-state index contributed by atoms with van der Waals surface area (Å²) >= 11 is 0. The molecule has 46 heavy (non-hydrogen) atoms. The molecule has 0 unspecified atom stereocenters. The molecule has 6 nitrogen and oxygen atoms in total. The van der Waals surface area contributed by atoms with E-state index in [2.05, 4.69) is 133 Å². The van der Waals surface area contributed by atoms with Crippen LogP contribution in [0.2, 0.25) is 5.04 Å². The van der Waals surface area contributed by atoms with Crippen molar-refractivity contribution in [1.82, 2.24) is 14.3 Å². The van der Waals surface area contributed by atoms with Gasteiger partial charge in [-0.1, -0.05) is 135 Å². The smallest absolute Gasteiger partial charge is 0.261 e. The highest BCUT2D eigenvalue weighted by molar-refractivity contribution is 7.89. The Morgan fingerprint density at radius 2 is 1.33 bits per heavy atom. The molecule has 0 aliphatic carbocycles. The normalized spacial score (nSPS) is 13.6. The lowest BCUT2D eigenvalue weighted by molar-refractivity contribution is 0.261. The number of imidazole rings is 1. The summed E-state index contributed by atoms with van der Waals surface area (Å²) in [4.78, 5) is 4.73. The zero-order valence-corrected chi connectivity index (χ0v) is 31.2. The molecule has 248 valence electrons. The lowest BCUT2D eigenvalue weighted by Crippen LogP contribution is -2.67. The van der Waals surface area contributed by atoms with Crippen LogP contribution in [-0.2, 0) is 27.9 Å². The van der Waals surface area contributed by atoms with Crippen LogP contribution in [0.1, 0.15) is 102 Å². The van der Waals surface area contributed by atoms with Crippen molar-refractivity contribution in [3.63, 3.8) is 0 Å². The average Bonchev–Trinajstić information content (AvgIpc) is 3.40. The van der Waals surface area contributed by atoms with E-state index >= 15 is 0 Å². The number of aromatic nitrogens is 2. The summed E-state index contributed by atoms with van der Waals surface area (Å²) in [6.45, 7) is 19.5. The predicted molar refractivity (Wildman–Crippen MR) is 193 cm³/mol. The average molecular weight is 660 g/mol. The summed E-state index contributed by atoms with van der Waals surface area (Å²) in [6.07, 6.45) is 3.99. The van der Waals surface area contributed by atoms with E-state index < -0.39 is 24.4 Å². The first kappa shape index (κ1) is 35.8. The molecular weight excluding hydrogens is 607 g/mol. The fraction of sp³-hybridized carbons (Fsp3) is 0.447. The van der Waals surface area contributed by atoms with Gasteiger partial charge in [0.15, 0.2) is 0 Å². The van der Waals surface area contributed by atoms with Crippen LogP contribution in [0.15, 0.2) is 90.2 Å². The van der Waals surface area contributed by atoms with Crippen LogP contribution in [0, 0.1) is 0 Å². The maximum absolute atomic E-state index is 14.7. The van der Waals surface area contributed by atoms with Gasteiger partial charge in [0.1, 0.15) is 0 Å². The second-order valence-electron chi connectivity index (χ2n) is 14.5. The summed E-state index contributed by atoms with van der Waals surface area (Å²) in [6, 6.07) is 24.6. The van der Waals surface area contributed by atoms with Gasteiger partial charge in [0, 0.05) is 31.4 Å². The largest absolute Gasteiger partial charge is 0.406 e. The zero-order valence-electron chi connectivity index (χ0n) is 29.3. The van der Waals surface area contributed by atoms with Crippen molar-refractivity contribution in [3.05, 3.63) is 108 Å². The van der Waals surface area contributed by atoms with E-state index in [1.807, 2.05) is 23.7 Å². The fourth-order valence-corrected chi connectivity index (χ4v) is 13.0. The van der Waals surface area contributed by atoms with Crippen LogP contribution < -0.4 is 15.1 Å². The minimum Gasteiger partial charge on any atom is -0.406 e. The molecule has 0 aliphatic heterocycles. The number of hydrogen-bond donors (Lipinski definition) is 1. The van der Waals surface area contributed by atoms with Crippen LogP contribution in [-0.4, -0.2) is 38.9 Å². The Hall–Kier alpha value is -3.04. The molecule has 0 amide bonds. The van der Waals surface area contributed by atoms with Gasteiger partial charge in [-0.25, -0.2) is 18.1 Å². The highest BCUT2D eigenvalue weighted by Gasteiger charge is 2.50. The van der Waals surface area contributed by atoms with Crippen LogP contribution in [0.5, 0.6) is 0 Å². The van der Waals surface area contributed by atoms with Gasteiger partial charge in [0.25, 0.3) is 8.32 Å². The Labute approximate surface area is 278 Å². The Morgan fingerprint density at radius 1 is 0.826 bits per heavy atom. The van der Waals surface area contributed by atoms with Crippen molar-refractivity contribution in [2.75, 3.05) is 6.61 Å². The van der Waals surface area contributed by atoms with Crippen molar-refractivity contribution in [3.8, 4) is 0 Å².